The maximum absolute atomic E-state index is 11.7. The molecule has 1 aromatic heterocycles. The van der Waals surface area contributed by atoms with Crippen LogP contribution in [0, 0.1) is 0 Å². The molecule has 1 heterocycles. The van der Waals surface area contributed by atoms with E-state index in [0.717, 1.165) is 21.9 Å². The second-order valence-corrected chi connectivity index (χ2v) is 5.36. The zero-order valence-corrected chi connectivity index (χ0v) is 14.2. The van der Waals surface area contributed by atoms with Gasteiger partial charge < -0.3 is 14.8 Å². The van der Waals surface area contributed by atoms with Gasteiger partial charge in [0, 0.05) is 30.1 Å². The predicted octanol–water partition coefficient (Wildman–Crippen LogP) is 2.82. The summed E-state index contributed by atoms with van der Waals surface area (Å²) in [5.74, 6) is 0.450. The van der Waals surface area contributed by atoms with Crippen LogP contribution < -0.4 is 14.8 Å². The van der Waals surface area contributed by atoms with Crippen LogP contribution in [0.3, 0.4) is 0 Å². The van der Waals surface area contributed by atoms with Crippen molar-refractivity contribution in [3.05, 3.63) is 48.8 Å². The van der Waals surface area contributed by atoms with Gasteiger partial charge in [-0.2, -0.15) is 0 Å². The van der Waals surface area contributed by atoms with Gasteiger partial charge in [0.15, 0.2) is 6.61 Å². The highest BCUT2D eigenvalue weighted by Gasteiger charge is 2.13. The van der Waals surface area contributed by atoms with Crippen molar-refractivity contribution in [1.29, 1.82) is 0 Å². The number of hydrogen-bond acceptors (Lipinski definition) is 5. The number of hydrogen-bond donors (Lipinski definition) is 1. The normalized spacial score (nSPS) is 10.5. The molecular weight excluding hydrogens is 318 g/mol. The minimum Gasteiger partial charge on any atom is -0.483 e. The van der Waals surface area contributed by atoms with Crippen molar-refractivity contribution in [3.8, 4) is 22.9 Å². The number of rotatable bonds is 6. The fraction of sp³-hybridized carbons (Fsp3) is 0.211. The lowest BCUT2D eigenvalue weighted by Gasteiger charge is -2.14. The van der Waals surface area contributed by atoms with Crippen molar-refractivity contribution in [2.24, 2.45) is 0 Å². The molecule has 6 heteroatoms. The smallest absolute Gasteiger partial charge is 0.316 e. The van der Waals surface area contributed by atoms with Gasteiger partial charge in [-0.25, -0.2) is 9.97 Å². The standard InChI is InChI=1S/C19H19N3O3/c1-3-20-17(23)12-25-16-9-8-13-6-4-5-7-15(13)18(16)14-10-21-19(24-2)22-11-14/h4-11H,3,12H2,1-2H3,(H,20,23). The monoisotopic (exact) mass is 337 g/mol. The number of nitrogens with zero attached hydrogens (tertiary/aromatic N) is 2. The first kappa shape index (κ1) is 16.7. The molecule has 128 valence electrons. The molecular formula is C19H19N3O3. The molecule has 0 aliphatic rings. The molecule has 0 aliphatic heterocycles. The van der Waals surface area contributed by atoms with E-state index in [-0.39, 0.29) is 12.5 Å². The van der Waals surface area contributed by atoms with Gasteiger partial charge >= 0.3 is 6.01 Å². The Balaban J connectivity index is 2.05. The molecule has 6 nitrogen and oxygen atoms in total. The molecule has 0 bridgehead atoms. The molecule has 0 saturated carbocycles. The maximum Gasteiger partial charge on any atom is 0.316 e. The minimum atomic E-state index is -0.160. The Morgan fingerprint density at radius 3 is 2.60 bits per heavy atom. The van der Waals surface area contributed by atoms with Gasteiger partial charge in [0.05, 0.1) is 7.11 Å². The van der Waals surface area contributed by atoms with E-state index >= 15 is 0 Å². The summed E-state index contributed by atoms with van der Waals surface area (Å²) in [5.41, 5.74) is 1.65. The zero-order chi connectivity index (χ0) is 17.6. The molecule has 2 aromatic carbocycles. The van der Waals surface area contributed by atoms with Gasteiger partial charge in [0.25, 0.3) is 5.91 Å². The summed E-state index contributed by atoms with van der Waals surface area (Å²) in [5, 5.41) is 4.79. The largest absolute Gasteiger partial charge is 0.483 e. The Bertz CT molecular complexity index is 879. The third-order valence-electron chi connectivity index (χ3n) is 3.72. The Hall–Kier alpha value is -3.15. The summed E-state index contributed by atoms with van der Waals surface area (Å²) < 4.78 is 10.8. The van der Waals surface area contributed by atoms with E-state index in [4.69, 9.17) is 9.47 Å². The fourth-order valence-electron chi connectivity index (χ4n) is 2.61. The van der Waals surface area contributed by atoms with Crippen LogP contribution in [0.4, 0.5) is 0 Å². The number of benzene rings is 2. The van der Waals surface area contributed by atoms with Crippen LogP contribution in [0.25, 0.3) is 21.9 Å². The predicted molar refractivity (Wildman–Crippen MR) is 95.7 cm³/mol. The van der Waals surface area contributed by atoms with Gasteiger partial charge in [0.2, 0.25) is 0 Å². The van der Waals surface area contributed by atoms with Crippen molar-refractivity contribution >= 4 is 16.7 Å². The number of nitrogens with one attached hydrogen (secondary N) is 1. The molecule has 3 rings (SSSR count). The van der Waals surface area contributed by atoms with E-state index in [1.807, 2.05) is 43.3 Å². The third kappa shape index (κ3) is 3.68. The average Bonchev–Trinajstić information content (AvgIpc) is 2.66. The Morgan fingerprint density at radius 2 is 1.88 bits per heavy atom. The van der Waals surface area contributed by atoms with Crippen LogP contribution in [0.15, 0.2) is 48.8 Å². The first-order valence-electron chi connectivity index (χ1n) is 8.00. The second-order valence-electron chi connectivity index (χ2n) is 5.36. The SMILES string of the molecule is CCNC(=O)COc1ccc2ccccc2c1-c1cnc(OC)nc1. The van der Waals surface area contributed by atoms with Crippen molar-refractivity contribution < 1.29 is 14.3 Å². The van der Waals surface area contributed by atoms with Crippen LogP contribution in [-0.2, 0) is 4.79 Å². The molecule has 1 amide bonds. The summed E-state index contributed by atoms with van der Waals surface area (Å²) in [6.07, 6.45) is 3.37. The maximum atomic E-state index is 11.7. The van der Waals surface area contributed by atoms with Crippen LogP contribution in [0.5, 0.6) is 11.8 Å². The summed E-state index contributed by atoms with van der Waals surface area (Å²) in [7, 11) is 1.52. The lowest BCUT2D eigenvalue weighted by atomic mass is 9.99. The van der Waals surface area contributed by atoms with E-state index < -0.39 is 0 Å². The number of methoxy groups -OCH3 is 1. The second kappa shape index (κ2) is 7.61. The number of carbonyl (C=O) groups is 1. The number of likely N-dealkylation sites (N-methyl/N-ethyl adjacent to an activating group) is 1. The van der Waals surface area contributed by atoms with E-state index in [2.05, 4.69) is 15.3 Å². The fourth-order valence-corrected chi connectivity index (χ4v) is 2.61. The third-order valence-corrected chi connectivity index (χ3v) is 3.72. The molecule has 0 atom stereocenters. The van der Waals surface area contributed by atoms with Crippen molar-refractivity contribution in [2.45, 2.75) is 6.92 Å². The number of fused-ring (bicyclic) bond motifs is 1. The molecule has 0 fully saturated rings. The first-order valence-corrected chi connectivity index (χ1v) is 8.00. The van der Waals surface area contributed by atoms with Crippen LogP contribution >= 0.6 is 0 Å². The van der Waals surface area contributed by atoms with E-state index in [0.29, 0.717) is 18.3 Å². The van der Waals surface area contributed by atoms with Crippen molar-refractivity contribution in [1.82, 2.24) is 15.3 Å². The highest BCUT2D eigenvalue weighted by atomic mass is 16.5. The lowest BCUT2D eigenvalue weighted by Crippen LogP contribution is -2.28. The molecule has 0 unspecified atom stereocenters. The molecule has 0 saturated heterocycles. The number of carbonyl (C=O) groups excluding carboxylic acids is 1. The zero-order valence-electron chi connectivity index (χ0n) is 14.2. The molecule has 0 spiro atoms. The average molecular weight is 337 g/mol. The number of amides is 1. The molecule has 3 aromatic rings. The summed E-state index contributed by atoms with van der Waals surface area (Å²) in [6, 6.07) is 12.1. The Morgan fingerprint density at radius 1 is 1.12 bits per heavy atom. The quantitative estimate of drug-likeness (QED) is 0.749. The molecule has 25 heavy (non-hydrogen) atoms. The highest BCUT2D eigenvalue weighted by Crippen LogP contribution is 2.36. The van der Waals surface area contributed by atoms with Crippen molar-refractivity contribution in [3.63, 3.8) is 0 Å². The molecule has 0 radical (unpaired) electrons. The number of aromatic nitrogens is 2. The van der Waals surface area contributed by atoms with Gasteiger partial charge in [-0.15, -0.1) is 0 Å². The van der Waals surface area contributed by atoms with E-state index in [1.165, 1.54) is 7.11 Å². The van der Waals surface area contributed by atoms with Gasteiger partial charge in [-0.1, -0.05) is 30.3 Å². The van der Waals surface area contributed by atoms with E-state index in [1.54, 1.807) is 12.4 Å². The molecule has 1 N–H and O–H groups in total. The highest BCUT2D eigenvalue weighted by molar-refractivity contribution is 5.99. The van der Waals surface area contributed by atoms with Gasteiger partial charge in [-0.05, 0) is 23.8 Å². The first-order chi connectivity index (χ1) is 12.2. The summed E-state index contributed by atoms with van der Waals surface area (Å²) in [6.45, 7) is 2.39. The van der Waals surface area contributed by atoms with Crippen molar-refractivity contribution in [2.75, 3.05) is 20.3 Å². The Labute approximate surface area is 145 Å². The minimum absolute atomic E-state index is 0.0454. The van der Waals surface area contributed by atoms with Crippen LogP contribution in [0.2, 0.25) is 0 Å². The van der Waals surface area contributed by atoms with Gasteiger partial charge in [0.1, 0.15) is 5.75 Å². The van der Waals surface area contributed by atoms with Crippen LogP contribution in [0.1, 0.15) is 6.92 Å². The lowest BCUT2D eigenvalue weighted by molar-refractivity contribution is -0.122. The van der Waals surface area contributed by atoms with E-state index in [9.17, 15) is 4.79 Å². The van der Waals surface area contributed by atoms with Gasteiger partial charge in [-0.3, -0.25) is 4.79 Å². The topological polar surface area (TPSA) is 73.3 Å². The number of ether oxygens (including phenoxy) is 2. The summed E-state index contributed by atoms with van der Waals surface area (Å²) in [4.78, 5) is 20.1. The van der Waals surface area contributed by atoms with Crippen LogP contribution in [-0.4, -0.2) is 36.1 Å². The summed E-state index contributed by atoms with van der Waals surface area (Å²) >= 11 is 0. The molecule has 0 aliphatic carbocycles. The Kier molecular flexibility index (Phi) is 5.09.